The molecule has 1 heterocycles. The quantitative estimate of drug-likeness (QED) is 0.324. The molecule has 2 fully saturated rings. The summed E-state index contributed by atoms with van der Waals surface area (Å²) in [7, 11) is 0. The molecule has 1 aliphatic heterocycles. The number of aromatic hydroxyl groups is 1. The van der Waals surface area contributed by atoms with Crippen LogP contribution in [0.3, 0.4) is 0 Å². The Morgan fingerprint density at radius 2 is 1.60 bits per heavy atom. The molecule has 224 valence electrons. The Morgan fingerprint density at radius 3 is 2.29 bits per heavy atom. The van der Waals surface area contributed by atoms with Gasteiger partial charge < -0.3 is 9.84 Å². The summed E-state index contributed by atoms with van der Waals surface area (Å²) in [5.41, 5.74) is 5.88. The van der Waals surface area contributed by atoms with Crippen molar-refractivity contribution in [2.45, 2.75) is 127 Å². The molecule has 3 aromatic carbocycles. The third-order valence-corrected chi connectivity index (χ3v) is 12.9. The lowest BCUT2D eigenvalue weighted by Gasteiger charge is -2.51. The molecule has 1 spiro atoms. The summed E-state index contributed by atoms with van der Waals surface area (Å²) >= 11 is 2.03. The normalized spacial score (nSPS) is 26.0. The predicted octanol–water partition coefficient (Wildman–Crippen LogP) is 11.6. The minimum atomic E-state index is -0.194. The van der Waals surface area contributed by atoms with Crippen molar-refractivity contribution in [3.63, 3.8) is 0 Å². The molecule has 2 nitrogen and oxygen atoms in total. The molecule has 0 aromatic heterocycles. The first-order valence-corrected chi connectivity index (χ1v) is 17.7. The van der Waals surface area contributed by atoms with Crippen LogP contribution in [-0.4, -0.2) is 10.0 Å². The standard InChI is InChI=1S/C39H50O2S/c1-7-14-25(8-2)39(26-15-10-9-11-16-26)41-33-19-28-29(20-34(33)42-39)35-27-17-12-13-18-30(27)38(31(35)21-32(28)40)23-36(3,4)22-37(5,6)24-38/h12-13,17-21,25-26,40H,7-11,14-16,22-24H2,1-6H3. The first-order chi connectivity index (χ1) is 20.0. The molecule has 0 radical (unpaired) electrons. The van der Waals surface area contributed by atoms with Gasteiger partial charge in [-0.25, -0.2) is 0 Å². The summed E-state index contributed by atoms with van der Waals surface area (Å²) in [5, 5.41) is 13.9. The van der Waals surface area contributed by atoms with Crippen molar-refractivity contribution in [2.24, 2.45) is 22.7 Å². The van der Waals surface area contributed by atoms with Crippen molar-refractivity contribution in [1.29, 1.82) is 0 Å². The fraction of sp³-hybridized carbons (Fsp3) is 0.590. The van der Waals surface area contributed by atoms with E-state index in [1.54, 1.807) is 0 Å². The average molecular weight is 583 g/mol. The van der Waals surface area contributed by atoms with Gasteiger partial charge in [0.2, 0.25) is 0 Å². The molecule has 0 amide bonds. The Balaban J connectivity index is 1.43. The van der Waals surface area contributed by atoms with E-state index in [1.807, 2.05) is 11.8 Å². The van der Waals surface area contributed by atoms with Gasteiger partial charge >= 0.3 is 0 Å². The zero-order valence-electron chi connectivity index (χ0n) is 26.7. The summed E-state index contributed by atoms with van der Waals surface area (Å²) in [5.74, 6) is 2.51. The van der Waals surface area contributed by atoms with Crippen LogP contribution in [0.4, 0.5) is 0 Å². The van der Waals surface area contributed by atoms with E-state index in [2.05, 4.69) is 84.0 Å². The third kappa shape index (κ3) is 4.26. The van der Waals surface area contributed by atoms with Gasteiger partial charge in [0, 0.05) is 22.6 Å². The number of benzene rings is 3. The molecule has 0 bridgehead atoms. The number of fused-ring (bicyclic) bond motifs is 8. The highest BCUT2D eigenvalue weighted by Gasteiger charge is 2.55. The molecule has 7 rings (SSSR count). The van der Waals surface area contributed by atoms with Gasteiger partial charge in [0.25, 0.3) is 0 Å². The molecule has 2 saturated carbocycles. The zero-order valence-corrected chi connectivity index (χ0v) is 27.6. The minimum absolute atomic E-state index is 0.0776. The molecule has 1 N–H and O–H groups in total. The molecular weight excluding hydrogens is 532 g/mol. The van der Waals surface area contributed by atoms with Gasteiger partial charge in [-0.2, -0.15) is 0 Å². The lowest BCUT2D eigenvalue weighted by molar-refractivity contribution is 0.0226. The predicted molar refractivity (Wildman–Crippen MR) is 178 cm³/mol. The van der Waals surface area contributed by atoms with E-state index >= 15 is 0 Å². The lowest BCUT2D eigenvalue weighted by atomic mass is 9.52. The van der Waals surface area contributed by atoms with Crippen LogP contribution in [0.5, 0.6) is 11.5 Å². The van der Waals surface area contributed by atoms with Crippen LogP contribution in [0.15, 0.2) is 47.4 Å². The Morgan fingerprint density at radius 1 is 0.881 bits per heavy atom. The fourth-order valence-corrected chi connectivity index (χ4v) is 12.3. The fourth-order valence-electron chi connectivity index (χ4n) is 10.6. The van der Waals surface area contributed by atoms with Gasteiger partial charge in [-0.05, 0) is 102 Å². The molecule has 4 aliphatic rings. The number of phenols is 1. The van der Waals surface area contributed by atoms with E-state index in [0.717, 1.165) is 30.4 Å². The zero-order chi connectivity index (χ0) is 29.5. The number of rotatable bonds is 5. The highest BCUT2D eigenvalue weighted by Crippen LogP contribution is 2.66. The Bertz CT molecular complexity index is 1500. The van der Waals surface area contributed by atoms with Crippen molar-refractivity contribution in [3.8, 4) is 22.6 Å². The topological polar surface area (TPSA) is 29.5 Å². The van der Waals surface area contributed by atoms with E-state index in [-0.39, 0.29) is 21.2 Å². The number of hydrogen-bond donors (Lipinski definition) is 1. The number of hydrogen-bond acceptors (Lipinski definition) is 3. The number of ether oxygens (including phenoxy) is 1. The third-order valence-electron chi connectivity index (χ3n) is 11.3. The molecule has 2 atom stereocenters. The Labute approximate surface area is 258 Å². The van der Waals surface area contributed by atoms with Crippen LogP contribution in [0.25, 0.3) is 21.9 Å². The summed E-state index contributed by atoms with van der Waals surface area (Å²) < 4.78 is 7.21. The Hall–Kier alpha value is -2.13. The van der Waals surface area contributed by atoms with Crippen molar-refractivity contribution < 1.29 is 9.84 Å². The van der Waals surface area contributed by atoms with Crippen LogP contribution in [0, 0.1) is 22.7 Å². The van der Waals surface area contributed by atoms with Gasteiger partial charge in [-0.15, -0.1) is 0 Å². The van der Waals surface area contributed by atoms with Gasteiger partial charge in [0.1, 0.15) is 11.5 Å². The van der Waals surface area contributed by atoms with Gasteiger partial charge in [0.15, 0.2) is 4.93 Å². The van der Waals surface area contributed by atoms with E-state index in [0.29, 0.717) is 17.6 Å². The minimum Gasteiger partial charge on any atom is -0.507 e. The van der Waals surface area contributed by atoms with E-state index in [4.69, 9.17) is 4.74 Å². The summed E-state index contributed by atoms with van der Waals surface area (Å²) in [4.78, 5) is 1.08. The maximum absolute atomic E-state index is 11.8. The van der Waals surface area contributed by atoms with Gasteiger partial charge in [-0.1, -0.05) is 103 Å². The van der Waals surface area contributed by atoms with Crippen molar-refractivity contribution in [1.82, 2.24) is 0 Å². The monoisotopic (exact) mass is 582 g/mol. The summed E-state index contributed by atoms with van der Waals surface area (Å²) in [6, 6.07) is 15.9. The first kappa shape index (κ1) is 28.6. The van der Waals surface area contributed by atoms with Gasteiger partial charge in [-0.3, -0.25) is 0 Å². The number of thioether (sulfide) groups is 1. The summed E-state index contributed by atoms with van der Waals surface area (Å²) in [6.07, 6.45) is 13.5. The van der Waals surface area contributed by atoms with E-state index < -0.39 is 0 Å². The molecule has 3 aromatic rings. The maximum atomic E-state index is 11.8. The number of phenolic OH excluding ortho intramolecular Hbond substituents is 1. The largest absolute Gasteiger partial charge is 0.507 e. The maximum Gasteiger partial charge on any atom is 0.164 e. The second-order valence-corrected chi connectivity index (χ2v) is 17.1. The van der Waals surface area contributed by atoms with Crippen molar-refractivity contribution in [2.75, 3.05) is 0 Å². The van der Waals surface area contributed by atoms with Crippen LogP contribution < -0.4 is 4.74 Å². The summed E-state index contributed by atoms with van der Waals surface area (Å²) in [6.45, 7) is 14.5. The Kier molecular flexibility index (Phi) is 6.78. The second kappa shape index (κ2) is 9.94. The van der Waals surface area contributed by atoms with Crippen LogP contribution in [0.2, 0.25) is 0 Å². The molecule has 42 heavy (non-hydrogen) atoms. The van der Waals surface area contributed by atoms with E-state index in [9.17, 15) is 5.11 Å². The highest BCUT2D eigenvalue weighted by atomic mass is 32.2. The first-order valence-electron chi connectivity index (χ1n) is 16.8. The molecule has 3 aliphatic carbocycles. The second-order valence-electron chi connectivity index (χ2n) is 15.8. The van der Waals surface area contributed by atoms with E-state index in [1.165, 1.54) is 83.9 Å². The van der Waals surface area contributed by atoms with Gasteiger partial charge in [0.05, 0.1) is 4.90 Å². The van der Waals surface area contributed by atoms with Crippen LogP contribution in [-0.2, 0) is 5.41 Å². The van der Waals surface area contributed by atoms with Crippen LogP contribution in [0.1, 0.15) is 123 Å². The van der Waals surface area contributed by atoms with Crippen LogP contribution >= 0.6 is 11.8 Å². The smallest absolute Gasteiger partial charge is 0.164 e. The lowest BCUT2D eigenvalue weighted by Crippen LogP contribution is -2.46. The average Bonchev–Trinajstić information content (AvgIpc) is 3.44. The highest BCUT2D eigenvalue weighted by molar-refractivity contribution is 8.01. The van der Waals surface area contributed by atoms with Crippen molar-refractivity contribution >= 4 is 22.5 Å². The molecule has 2 unspecified atom stereocenters. The molecular formula is C39H50O2S. The molecule has 0 saturated heterocycles. The van der Waals surface area contributed by atoms with Crippen molar-refractivity contribution in [3.05, 3.63) is 53.6 Å². The SMILES string of the molecule is CCCC(CC)C1(C2CCCCC2)Oc2cc3c(O)cc4c(c3cc2S1)-c1ccccc1C41CC(C)(C)CC(C)(C)C1. The molecule has 3 heteroatoms.